The molecule has 5 rings (SSSR count). The number of carbonyl (C=O) groups excluding carboxylic acids is 1. The lowest BCUT2D eigenvalue weighted by molar-refractivity contribution is -0.130. The Morgan fingerprint density at radius 1 is 0.917 bits per heavy atom. The number of aryl methyl sites for hydroxylation is 2. The molecule has 1 saturated heterocycles. The van der Waals surface area contributed by atoms with Gasteiger partial charge in [0.2, 0.25) is 5.91 Å². The normalized spacial score (nSPS) is 14.3. The molecule has 6 nitrogen and oxygen atoms in total. The molecular weight excluding hydrogens is 468 g/mol. The monoisotopic (exact) mass is 498 g/mol. The molecule has 36 heavy (non-hydrogen) atoms. The minimum atomic E-state index is -0.112. The van der Waals surface area contributed by atoms with Crippen LogP contribution in [0.25, 0.3) is 16.6 Å². The third-order valence-electron chi connectivity index (χ3n) is 6.65. The molecule has 184 valence electrons. The van der Waals surface area contributed by atoms with Crippen molar-refractivity contribution >= 4 is 28.6 Å². The van der Waals surface area contributed by atoms with Crippen molar-refractivity contribution in [2.24, 2.45) is 0 Å². The van der Waals surface area contributed by atoms with Gasteiger partial charge in [0, 0.05) is 32.7 Å². The van der Waals surface area contributed by atoms with Crippen LogP contribution in [0.5, 0.6) is 0 Å². The fourth-order valence-corrected chi connectivity index (χ4v) is 5.50. The van der Waals surface area contributed by atoms with Gasteiger partial charge in [-0.2, -0.15) is 0 Å². The second-order valence-corrected chi connectivity index (χ2v) is 10.2. The van der Waals surface area contributed by atoms with E-state index in [1.807, 2.05) is 61.2 Å². The second kappa shape index (κ2) is 10.7. The summed E-state index contributed by atoms with van der Waals surface area (Å²) in [6.45, 7) is 8.03. The van der Waals surface area contributed by atoms with Crippen LogP contribution in [0.1, 0.15) is 16.7 Å². The number of aromatic nitrogens is 2. The van der Waals surface area contributed by atoms with Crippen molar-refractivity contribution < 1.29 is 4.79 Å². The van der Waals surface area contributed by atoms with E-state index in [4.69, 9.17) is 4.98 Å². The summed E-state index contributed by atoms with van der Waals surface area (Å²) in [5.74, 6) is 0.322. The number of benzene rings is 3. The SMILES string of the molecule is Cc1ccc(C)c(-n2c(SCC(=O)N3CCN(Cc4ccccc4)CC3)nc3ccccc3c2=O)c1. The number of rotatable bonds is 6. The van der Waals surface area contributed by atoms with Crippen LogP contribution >= 0.6 is 11.8 Å². The number of thioether (sulfide) groups is 1. The van der Waals surface area contributed by atoms with Crippen molar-refractivity contribution in [3.8, 4) is 5.69 Å². The smallest absolute Gasteiger partial charge is 0.266 e. The van der Waals surface area contributed by atoms with E-state index in [2.05, 4.69) is 29.2 Å². The van der Waals surface area contributed by atoms with Crippen LogP contribution in [0.2, 0.25) is 0 Å². The molecule has 0 bridgehead atoms. The molecule has 0 radical (unpaired) electrons. The highest BCUT2D eigenvalue weighted by molar-refractivity contribution is 7.99. The zero-order chi connectivity index (χ0) is 25.1. The van der Waals surface area contributed by atoms with E-state index in [0.717, 1.165) is 36.4 Å². The molecule has 1 amide bonds. The first kappa shape index (κ1) is 24.3. The molecule has 0 atom stereocenters. The molecule has 3 aromatic carbocycles. The van der Waals surface area contributed by atoms with Gasteiger partial charge in [0.05, 0.1) is 22.3 Å². The van der Waals surface area contributed by atoms with Gasteiger partial charge in [-0.05, 0) is 48.7 Å². The van der Waals surface area contributed by atoms with E-state index in [9.17, 15) is 9.59 Å². The Bertz CT molecular complexity index is 1440. The van der Waals surface area contributed by atoms with Crippen LogP contribution in [-0.4, -0.2) is 57.2 Å². The maximum Gasteiger partial charge on any atom is 0.266 e. The minimum absolute atomic E-state index is 0.0780. The maximum atomic E-state index is 13.6. The first-order chi connectivity index (χ1) is 17.5. The molecule has 2 heterocycles. The molecule has 0 unspecified atom stereocenters. The molecule has 4 aromatic rings. The quantitative estimate of drug-likeness (QED) is 0.291. The molecule has 0 N–H and O–H groups in total. The van der Waals surface area contributed by atoms with Crippen molar-refractivity contribution in [3.05, 3.63) is 99.8 Å². The molecule has 1 fully saturated rings. The molecule has 1 aromatic heterocycles. The molecule has 0 spiro atoms. The van der Waals surface area contributed by atoms with Crippen molar-refractivity contribution in [2.75, 3.05) is 31.9 Å². The van der Waals surface area contributed by atoms with Crippen LogP contribution in [0.3, 0.4) is 0 Å². The van der Waals surface area contributed by atoms with Gasteiger partial charge in [0.1, 0.15) is 0 Å². The fourth-order valence-electron chi connectivity index (χ4n) is 4.60. The summed E-state index contributed by atoms with van der Waals surface area (Å²) in [5, 5.41) is 1.12. The van der Waals surface area contributed by atoms with Crippen molar-refractivity contribution in [2.45, 2.75) is 25.5 Å². The molecule has 1 aliphatic rings. The van der Waals surface area contributed by atoms with Crippen molar-refractivity contribution in [1.29, 1.82) is 0 Å². The molecular formula is C29H30N4O2S. The molecule has 0 saturated carbocycles. The lowest BCUT2D eigenvalue weighted by Crippen LogP contribution is -2.48. The molecule has 0 aliphatic carbocycles. The standard InChI is InChI=1S/C29H30N4O2S/c1-21-12-13-22(2)26(18-21)33-28(35)24-10-6-7-11-25(24)30-29(33)36-20-27(34)32-16-14-31(15-17-32)19-23-8-4-3-5-9-23/h3-13,18H,14-17,19-20H2,1-2H3. The lowest BCUT2D eigenvalue weighted by atomic mass is 10.1. The largest absolute Gasteiger partial charge is 0.339 e. The maximum absolute atomic E-state index is 13.6. The average Bonchev–Trinajstić information content (AvgIpc) is 2.90. The average molecular weight is 499 g/mol. The van der Waals surface area contributed by atoms with Gasteiger partial charge in [-0.3, -0.25) is 19.1 Å². The molecule has 1 aliphatic heterocycles. The van der Waals surface area contributed by atoms with E-state index >= 15 is 0 Å². The van der Waals surface area contributed by atoms with Crippen LogP contribution < -0.4 is 5.56 Å². The van der Waals surface area contributed by atoms with Crippen LogP contribution in [-0.2, 0) is 11.3 Å². The number of amides is 1. The number of para-hydroxylation sites is 1. The number of hydrogen-bond donors (Lipinski definition) is 0. The van der Waals surface area contributed by atoms with E-state index < -0.39 is 0 Å². The van der Waals surface area contributed by atoms with Gasteiger partial charge < -0.3 is 4.90 Å². The van der Waals surface area contributed by atoms with E-state index in [1.165, 1.54) is 17.3 Å². The minimum Gasteiger partial charge on any atom is -0.339 e. The third kappa shape index (κ3) is 5.22. The summed E-state index contributed by atoms with van der Waals surface area (Å²) in [4.78, 5) is 35.8. The zero-order valence-corrected chi connectivity index (χ0v) is 21.5. The Morgan fingerprint density at radius 2 is 1.64 bits per heavy atom. The first-order valence-electron chi connectivity index (χ1n) is 12.3. The topological polar surface area (TPSA) is 58.4 Å². The number of piperazine rings is 1. The Kier molecular flexibility index (Phi) is 7.20. The van der Waals surface area contributed by atoms with E-state index in [1.54, 1.807) is 10.6 Å². The summed E-state index contributed by atoms with van der Waals surface area (Å²) in [6.07, 6.45) is 0. The Balaban J connectivity index is 1.33. The second-order valence-electron chi connectivity index (χ2n) is 9.27. The number of carbonyl (C=O) groups is 1. The lowest BCUT2D eigenvalue weighted by Gasteiger charge is -2.34. The Labute approximate surface area is 215 Å². The first-order valence-corrected chi connectivity index (χ1v) is 13.2. The summed E-state index contributed by atoms with van der Waals surface area (Å²) in [6, 6.07) is 23.9. The van der Waals surface area contributed by atoms with E-state index in [0.29, 0.717) is 29.1 Å². The van der Waals surface area contributed by atoms with Gasteiger partial charge >= 0.3 is 0 Å². The van der Waals surface area contributed by atoms with Crippen LogP contribution in [0.4, 0.5) is 0 Å². The Morgan fingerprint density at radius 3 is 2.42 bits per heavy atom. The fraction of sp³-hybridized carbons (Fsp3) is 0.276. The highest BCUT2D eigenvalue weighted by Gasteiger charge is 2.23. The Hall–Kier alpha value is -3.42. The molecule has 7 heteroatoms. The predicted molar refractivity (Wildman–Crippen MR) is 146 cm³/mol. The summed E-state index contributed by atoms with van der Waals surface area (Å²) < 4.78 is 1.67. The van der Waals surface area contributed by atoms with Gasteiger partial charge in [0.15, 0.2) is 5.16 Å². The van der Waals surface area contributed by atoms with E-state index in [-0.39, 0.29) is 17.2 Å². The van der Waals surface area contributed by atoms with Gasteiger partial charge in [0.25, 0.3) is 5.56 Å². The van der Waals surface area contributed by atoms with Crippen molar-refractivity contribution in [3.63, 3.8) is 0 Å². The van der Waals surface area contributed by atoms with Gasteiger partial charge in [-0.1, -0.05) is 66.4 Å². The van der Waals surface area contributed by atoms with Gasteiger partial charge in [-0.15, -0.1) is 0 Å². The number of nitrogens with zero attached hydrogens (tertiary/aromatic N) is 4. The summed E-state index contributed by atoms with van der Waals surface area (Å²) in [5.41, 5.74) is 4.69. The summed E-state index contributed by atoms with van der Waals surface area (Å²) >= 11 is 1.34. The highest BCUT2D eigenvalue weighted by Crippen LogP contribution is 2.24. The van der Waals surface area contributed by atoms with Crippen LogP contribution in [0.15, 0.2) is 82.7 Å². The van der Waals surface area contributed by atoms with Gasteiger partial charge in [-0.25, -0.2) is 4.98 Å². The van der Waals surface area contributed by atoms with Crippen molar-refractivity contribution in [1.82, 2.24) is 19.4 Å². The number of fused-ring (bicyclic) bond motifs is 1. The van der Waals surface area contributed by atoms with Crippen LogP contribution in [0, 0.1) is 13.8 Å². The predicted octanol–water partition coefficient (Wildman–Crippen LogP) is 4.44. The number of hydrogen-bond acceptors (Lipinski definition) is 5. The zero-order valence-electron chi connectivity index (χ0n) is 20.7. The third-order valence-corrected chi connectivity index (χ3v) is 7.57. The summed E-state index contributed by atoms with van der Waals surface area (Å²) in [7, 11) is 0. The highest BCUT2D eigenvalue weighted by atomic mass is 32.2.